The van der Waals surface area contributed by atoms with Crippen molar-refractivity contribution in [3.05, 3.63) is 30.3 Å². The van der Waals surface area contributed by atoms with Crippen molar-refractivity contribution in [2.45, 2.75) is 48.7 Å². The van der Waals surface area contributed by atoms with Gasteiger partial charge < -0.3 is 0 Å². The molecular formula is C15H21S+. The molecule has 1 heteroatoms. The minimum absolute atomic E-state index is 0.567. The molecule has 86 valence electrons. The number of fused-ring (bicyclic) bond motifs is 2. The van der Waals surface area contributed by atoms with E-state index < -0.39 is 0 Å². The molecule has 0 N–H and O–H groups in total. The first kappa shape index (κ1) is 10.7. The van der Waals surface area contributed by atoms with Gasteiger partial charge in [-0.2, -0.15) is 0 Å². The van der Waals surface area contributed by atoms with Gasteiger partial charge in [0.25, 0.3) is 0 Å². The van der Waals surface area contributed by atoms with Gasteiger partial charge in [0.15, 0.2) is 4.90 Å². The van der Waals surface area contributed by atoms with Crippen LogP contribution in [0.4, 0.5) is 0 Å². The second kappa shape index (κ2) is 4.83. The molecule has 0 amide bonds. The van der Waals surface area contributed by atoms with Crippen molar-refractivity contribution < 1.29 is 0 Å². The van der Waals surface area contributed by atoms with E-state index in [1.165, 1.54) is 44.3 Å². The summed E-state index contributed by atoms with van der Waals surface area (Å²) in [6.07, 6.45) is 9.01. The lowest BCUT2D eigenvalue weighted by Gasteiger charge is -2.25. The van der Waals surface area contributed by atoms with E-state index in [-0.39, 0.29) is 0 Å². The summed E-state index contributed by atoms with van der Waals surface area (Å²) < 4.78 is 0. The molecular weight excluding hydrogens is 212 g/mol. The Kier molecular flexibility index (Phi) is 3.23. The first-order valence-corrected chi connectivity index (χ1v) is 8.14. The van der Waals surface area contributed by atoms with Gasteiger partial charge >= 0.3 is 0 Å². The van der Waals surface area contributed by atoms with Crippen molar-refractivity contribution in [3.8, 4) is 0 Å². The van der Waals surface area contributed by atoms with Crippen LogP contribution in [-0.4, -0.2) is 11.0 Å². The fourth-order valence-electron chi connectivity index (χ4n) is 3.36. The molecule has 3 unspecified atom stereocenters. The van der Waals surface area contributed by atoms with Crippen molar-refractivity contribution in [1.29, 1.82) is 0 Å². The van der Waals surface area contributed by atoms with Crippen molar-refractivity contribution in [1.82, 2.24) is 0 Å². The molecule has 0 spiro atoms. The number of hydrogen-bond donors (Lipinski definition) is 0. The molecule has 1 aromatic rings. The molecule has 0 radical (unpaired) electrons. The fraction of sp³-hybridized carbons (Fsp3) is 0.600. The number of hydrogen-bond acceptors (Lipinski definition) is 0. The maximum atomic E-state index is 2.36. The Hall–Kier alpha value is -0.430. The summed E-state index contributed by atoms with van der Waals surface area (Å²) in [6, 6.07) is 11.3. The molecule has 1 aliphatic heterocycles. The third kappa shape index (κ3) is 2.15. The predicted octanol–water partition coefficient (Wildman–Crippen LogP) is 4.02. The Morgan fingerprint density at radius 2 is 1.75 bits per heavy atom. The quantitative estimate of drug-likeness (QED) is 0.643. The molecule has 1 heterocycles. The maximum Gasteiger partial charge on any atom is 0.155 e. The molecule has 0 aromatic heterocycles. The minimum Gasteiger partial charge on any atom is -0.0619 e. The Labute approximate surface area is 102 Å². The largest absolute Gasteiger partial charge is 0.155 e. The van der Waals surface area contributed by atoms with Gasteiger partial charge in [-0.05, 0) is 50.2 Å². The summed E-state index contributed by atoms with van der Waals surface area (Å²) in [5.41, 5.74) is 0. The van der Waals surface area contributed by atoms with Crippen LogP contribution in [-0.2, 0) is 10.9 Å². The molecule has 2 fully saturated rings. The van der Waals surface area contributed by atoms with E-state index in [4.69, 9.17) is 0 Å². The highest BCUT2D eigenvalue weighted by atomic mass is 32.2. The van der Waals surface area contributed by atoms with Crippen LogP contribution >= 0.6 is 0 Å². The summed E-state index contributed by atoms with van der Waals surface area (Å²) in [5, 5.41) is 1.02. The molecule has 1 saturated heterocycles. The van der Waals surface area contributed by atoms with E-state index in [0.717, 1.165) is 11.2 Å². The second-order valence-electron chi connectivity index (χ2n) is 5.24. The lowest BCUT2D eigenvalue weighted by Crippen LogP contribution is -2.27. The second-order valence-corrected chi connectivity index (χ2v) is 7.65. The van der Waals surface area contributed by atoms with Crippen LogP contribution in [0.15, 0.2) is 35.2 Å². The number of benzene rings is 1. The molecule has 16 heavy (non-hydrogen) atoms. The van der Waals surface area contributed by atoms with Crippen molar-refractivity contribution in [3.63, 3.8) is 0 Å². The van der Waals surface area contributed by atoms with Crippen LogP contribution in [0.3, 0.4) is 0 Å². The molecule has 0 nitrogen and oxygen atoms in total. The Bertz CT molecular complexity index is 333. The molecule has 3 rings (SSSR count). The highest BCUT2D eigenvalue weighted by Crippen LogP contribution is 2.38. The standard InChI is InChI=1S/C15H21S/c1-2-8-14(9-3-1)16-11-5-7-13-6-4-10-15(16)12-13/h1-3,8-9,13,15H,4-7,10-12H2/q+1. The first-order valence-electron chi connectivity index (χ1n) is 6.68. The van der Waals surface area contributed by atoms with Gasteiger partial charge in [-0.15, -0.1) is 0 Å². The zero-order valence-corrected chi connectivity index (χ0v) is 10.7. The SMILES string of the molecule is c1ccc([S+]2CCCC3CCCC2C3)cc1. The Morgan fingerprint density at radius 3 is 2.62 bits per heavy atom. The van der Waals surface area contributed by atoms with Crippen LogP contribution < -0.4 is 0 Å². The average Bonchev–Trinajstić information content (AvgIpc) is 2.49. The van der Waals surface area contributed by atoms with Gasteiger partial charge in [0, 0.05) is 10.9 Å². The molecule has 2 aliphatic rings. The van der Waals surface area contributed by atoms with E-state index in [1.807, 2.05) is 0 Å². The van der Waals surface area contributed by atoms with Crippen molar-refractivity contribution in [2.75, 3.05) is 5.75 Å². The van der Waals surface area contributed by atoms with Gasteiger partial charge in [0.05, 0.1) is 0 Å². The van der Waals surface area contributed by atoms with Gasteiger partial charge in [-0.3, -0.25) is 0 Å². The average molecular weight is 233 g/mol. The predicted molar refractivity (Wildman–Crippen MR) is 71.9 cm³/mol. The summed E-state index contributed by atoms with van der Waals surface area (Å²) in [6.45, 7) is 0. The van der Waals surface area contributed by atoms with Gasteiger partial charge in [-0.1, -0.05) is 24.6 Å². The van der Waals surface area contributed by atoms with Crippen LogP contribution in [0.2, 0.25) is 0 Å². The molecule has 3 atom stereocenters. The first-order chi connectivity index (χ1) is 7.93. The van der Waals surface area contributed by atoms with Crippen LogP contribution in [0.25, 0.3) is 0 Å². The third-order valence-electron chi connectivity index (χ3n) is 4.16. The summed E-state index contributed by atoms with van der Waals surface area (Å²) in [4.78, 5) is 1.63. The minimum atomic E-state index is 0.567. The Balaban J connectivity index is 1.83. The summed E-state index contributed by atoms with van der Waals surface area (Å²) >= 11 is 0. The van der Waals surface area contributed by atoms with Gasteiger partial charge in [0.2, 0.25) is 0 Å². The zero-order valence-electron chi connectivity index (χ0n) is 9.90. The van der Waals surface area contributed by atoms with Crippen molar-refractivity contribution >= 4 is 10.9 Å². The smallest absolute Gasteiger partial charge is 0.0619 e. The van der Waals surface area contributed by atoms with Gasteiger partial charge in [-0.25, -0.2) is 0 Å². The van der Waals surface area contributed by atoms with E-state index in [1.54, 1.807) is 4.90 Å². The summed E-state index contributed by atoms with van der Waals surface area (Å²) in [7, 11) is 0.567. The van der Waals surface area contributed by atoms with E-state index in [0.29, 0.717) is 10.9 Å². The fourth-order valence-corrected chi connectivity index (χ4v) is 6.26. The van der Waals surface area contributed by atoms with E-state index >= 15 is 0 Å². The molecule has 1 aromatic carbocycles. The summed E-state index contributed by atoms with van der Waals surface area (Å²) in [5.74, 6) is 2.53. The topological polar surface area (TPSA) is 0 Å². The van der Waals surface area contributed by atoms with Gasteiger partial charge in [0.1, 0.15) is 11.0 Å². The van der Waals surface area contributed by atoms with E-state index in [9.17, 15) is 0 Å². The monoisotopic (exact) mass is 233 g/mol. The van der Waals surface area contributed by atoms with Crippen LogP contribution in [0, 0.1) is 5.92 Å². The highest BCUT2D eigenvalue weighted by Gasteiger charge is 2.39. The number of rotatable bonds is 1. The molecule has 1 aliphatic carbocycles. The van der Waals surface area contributed by atoms with E-state index in [2.05, 4.69) is 30.3 Å². The van der Waals surface area contributed by atoms with Crippen molar-refractivity contribution in [2.24, 2.45) is 5.92 Å². The molecule has 2 bridgehead atoms. The van der Waals surface area contributed by atoms with Crippen LogP contribution in [0.5, 0.6) is 0 Å². The normalized spacial score (nSPS) is 34.4. The van der Waals surface area contributed by atoms with Crippen LogP contribution in [0.1, 0.15) is 38.5 Å². The highest BCUT2D eigenvalue weighted by molar-refractivity contribution is 7.97. The lowest BCUT2D eigenvalue weighted by atomic mass is 9.86. The zero-order chi connectivity index (χ0) is 10.8. The third-order valence-corrected chi connectivity index (χ3v) is 7.00. The lowest BCUT2D eigenvalue weighted by molar-refractivity contribution is 0.351. The molecule has 1 saturated carbocycles. The maximum absolute atomic E-state index is 2.36. The Morgan fingerprint density at radius 1 is 0.938 bits per heavy atom.